The van der Waals surface area contributed by atoms with Crippen molar-refractivity contribution in [2.75, 3.05) is 0 Å². The van der Waals surface area contributed by atoms with Crippen molar-refractivity contribution in [3.63, 3.8) is 0 Å². The largest absolute Gasteiger partial charge is 1.00 e. The molecule has 1 aliphatic rings. The molecule has 6 heteroatoms. The summed E-state index contributed by atoms with van der Waals surface area (Å²) in [6, 6.07) is 14.8. The number of amidine groups is 1. The summed E-state index contributed by atoms with van der Waals surface area (Å²) >= 11 is 3.34. The number of rotatable bonds is 2. The molecule has 0 fully saturated rings. The van der Waals surface area contributed by atoms with E-state index in [4.69, 9.17) is 5.41 Å². The Labute approximate surface area is 141 Å². The number of hydrogen-bond donors (Lipinski definition) is 2. The Bertz CT molecular complexity index is 686. The molecule has 108 valence electrons. The first kappa shape index (κ1) is 15.7. The molecule has 2 aromatic carbocycles. The molecule has 0 aliphatic carbocycles. The zero-order valence-electron chi connectivity index (χ0n) is 10.9. The third-order valence-electron chi connectivity index (χ3n) is 3.21. The van der Waals surface area contributed by atoms with Crippen LogP contribution in [0.5, 0.6) is 0 Å². The highest BCUT2D eigenvalue weighted by molar-refractivity contribution is 9.10. The number of nitrogens with one attached hydrogen (secondary N) is 2. The van der Waals surface area contributed by atoms with Crippen molar-refractivity contribution < 1.29 is 21.8 Å². The fourth-order valence-corrected chi connectivity index (χ4v) is 2.43. The Morgan fingerprint density at radius 1 is 1.14 bits per heavy atom. The Morgan fingerprint density at radius 3 is 2.48 bits per heavy atom. The highest BCUT2D eigenvalue weighted by Gasteiger charge is 2.25. The fourth-order valence-electron chi connectivity index (χ4n) is 2.17. The van der Waals surface area contributed by atoms with Gasteiger partial charge >= 0.3 is 0 Å². The highest BCUT2D eigenvalue weighted by atomic mass is 79.9. The van der Waals surface area contributed by atoms with Gasteiger partial charge in [-0.2, -0.15) is 0 Å². The van der Waals surface area contributed by atoms with Crippen molar-refractivity contribution in [1.29, 1.82) is 5.41 Å². The predicted octanol–water partition coefficient (Wildman–Crippen LogP) is -0.0609. The molecule has 3 rings (SSSR count). The lowest BCUT2D eigenvalue weighted by Crippen LogP contribution is -3.00. The quantitative estimate of drug-likeness (QED) is 0.730. The van der Waals surface area contributed by atoms with E-state index in [-0.39, 0.29) is 22.9 Å². The molecule has 0 bridgehead atoms. The number of fused-ring (bicyclic) bond motifs is 1. The van der Waals surface area contributed by atoms with E-state index in [1.165, 1.54) is 0 Å². The van der Waals surface area contributed by atoms with Crippen LogP contribution in [-0.2, 0) is 6.54 Å². The van der Waals surface area contributed by atoms with Crippen molar-refractivity contribution in [1.82, 2.24) is 10.4 Å². The van der Waals surface area contributed by atoms with E-state index in [1.54, 1.807) is 17.1 Å². The molecule has 0 unspecified atom stereocenters. The van der Waals surface area contributed by atoms with E-state index in [1.807, 2.05) is 36.4 Å². The van der Waals surface area contributed by atoms with Gasteiger partial charge in [-0.1, -0.05) is 40.2 Å². The molecule has 0 radical (unpaired) electrons. The van der Waals surface area contributed by atoms with E-state index in [0.717, 1.165) is 15.6 Å². The SMILES string of the molecule is N=C1c2ccccc2CN1NC(=O)c1ccc(Br)cc1.[Br-]. The van der Waals surface area contributed by atoms with Crippen LogP contribution in [0, 0.1) is 5.41 Å². The lowest BCUT2D eigenvalue weighted by molar-refractivity contribution is -0.0000129. The average molecular weight is 410 g/mol. The summed E-state index contributed by atoms with van der Waals surface area (Å²) < 4.78 is 0.926. The number of nitrogens with zero attached hydrogens (tertiary/aromatic N) is 1. The van der Waals surface area contributed by atoms with Crippen LogP contribution < -0.4 is 22.4 Å². The molecular weight excluding hydrogens is 398 g/mol. The third-order valence-corrected chi connectivity index (χ3v) is 3.74. The predicted molar refractivity (Wildman–Crippen MR) is 80.4 cm³/mol. The molecule has 2 N–H and O–H groups in total. The number of benzene rings is 2. The summed E-state index contributed by atoms with van der Waals surface area (Å²) in [5.74, 6) is 0.112. The standard InChI is InChI=1S/C15H12BrN3O.BrH/c16-12-7-5-10(6-8-12)15(20)18-19-9-11-3-1-2-4-13(11)14(19)17;/h1-8,17H,9H2,(H,18,20);1H/p-1. The molecular formula is C15H12Br2N3O-. The zero-order valence-corrected chi connectivity index (χ0v) is 14.1. The summed E-state index contributed by atoms with van der Waals surface area (Å²) in [6.07, 6.45) is 0. The molecule has 0 saturated carbocycles. The van der Waals surface area contributed by atoms with Crippen molar-refractivity contribution >= 4 is 27.7 Å². The first-order valence-corrected chi connectivity index (χ1v) is 6.95. The van der Waals surface area contributed by atoms with Crippen LogP contribution in [-0.4, -0.2) is 16.8 Å². The maximum atomic E-state index is 12.1. The van der Waals surface area contributed by atoms with E-state index in [0.29, 0.717) is 17.9 Å². The second kappa shape index (κ2) is 6.41. The Hall–Kier alpha value is -1.66. The maximum absolute atomic E-state index is 12.1. The zero-order chi connectivity index (χ0) is 14.1. The van der Waals surface area contributed by atoms with Gasteiger partial charge in [-0.25, -0.2) is 0 Å². The topological polar surface area (TPSA) is 56.2 Å². The van der Waals surface area contributed by atoms with Crippen molar-refractivity contribution in [2.45, 2.75) is 6.54 Å². The molecule has 1 amide bonds. The number of halogens is 2. The molecule has 0 aromatic heterocycles. The summed E-state index contributed by atoms with van der Waals surface area (Å²) in [4.78, 5) is 12.1. The smallest absolute Gasteiger partial charge is 0.269 e. The van der Waals surface area contributed by atoms with Crippen molar-refractivity contribution in [3.8, 4) is 0 Å². The molecule has 1 aliphatic heterocycles. The van der Waals surface area contributed by atoms with Gasteiger partial charge in [0.05, 0.1) is 6.54 Å². The lowest BCUT2D eigenvalue weighted by Gasteiger charge is -2.18. The summed E-state index contributed by atoms with van der Waals surface area (Å²) in [5, 5.41) is 9.65. The van der Waals surface area contributed by atoms with E-state index in [2.05, 4.69) is 21.4 Å². The molecule has 0 spiro atoms. The van der Waals surface area contributed by atoms with Gasteiger partial charge in [0.2, 0.25) is 0 Å². The second-order valence-electron chi connectivity index (χ2n) is 4.54. The van der Waals surface area contributed by atoms with Crippen LogP contribution in [0.2, 0.25) is 0 Å². The van der Waals surface area contributed by atoms with Crippen LogP contribution in [0.4, 0.5) is 0 Å². The molecule has 1 heterocycles. The Morgan fingerprint density at radius 2 is 1.81 bits per heavy atom. The first-order chi connectivity index (χ1) is 9.65. The Kier molecular flexibility index (Phi) is 4.80. The number of carbonyl (C=O) groups is 1. The van der Waals surface area contributed by atoms with Crippen LogP contribution >= 0.6 is 15.9 Å². The monoisotopic (exact) mass is 408 g/mol. The summed E-state index contributed by atoms with van der Waals surface area (Å²) in [7, 11) is 0. The molecule has 2 aromatic rings. The Balaban J connectivity index is 0.00000161. The fraction of sp³-hybridized carbons (Fsp3) is 0.0667. The van der Waals surface area contributed by atoms with Gasteiger partial charge in [0.15, 0.2) is 0 Å². The number of hydrogen-bond acceptors (Lipinski definition) is 2. The van der Waals surface area contributed by atoms with Gasteiger partial charge in [0, 0.05) is 15.6 Å². The van der Waals surface area contributed by atoms with Gasteiger partial charge in [0.25, 0.3) is 5.91 Å². The van der Waals surface area contributed by atoms with Gasteiger partial charge in [0.1, 0.15) is 5.84 Å². The minimum Gasteiger partial charge on any atom is -1.00 e. The van der Waals surface area contributed by atoms with Crippen LogP contribution in [0.25, 0.3) is 0 Å². The lowest BCUT2D eigenvalue weighted by atomic mass is 10.1. The second-order valence-corrected chi connectivity index (χ2v) is 5.46. The minimum atomic E-state index is -0.213. The van der Waals surface area contributed by atoms with E-state index in [9.17, 15) is 4.79 Å². The number of amides is 1. The van der Waals surface area contributed by atoms with Gasteiger partial charge in [-0.3, -0.25) is 20.6 Å². The minimum absolute atomic E-state index is 0. The average Bonchev–Trinajstić information content (AvgIpc) is 2.77. The first-order valence-electron chi connectivity index (χ1n) is 6.16. The van der Waals surface area contributed by atoms with E-state index < -0.39 is 0 Å². The van der Waals surface area contributed by atoms with Gasteiger partial charge in [-0.15, -0.1) is 0 Å². The molecule has 0 saturated heterocycles. The number of carbonyl (C=O) groups excluding carboxylic acids is 1. The van der Waals surface area contributed by atoms with Crippen LogP contribution in [0.15, 0.2) is 53.0 Å². The van der Waals surface area contributed by atoms with Gasteiger partial charge in [-0.05, 0) is 29.8 Å². The third kappa shape index (κ3) is 3.16. The van der Waals surface area contributed by atoms with Crippen molar-refractivity contribution in [2.24, 2.45) is 0 Å². The van der Waals surface area contributed by atoms with Gasteiger partial charge < -0.3 is 17.0 Å². The van der Waals surface area contributed by atoms with Crippen molar-refractivity contribution in [3.05, 3.63) is 69.7 Å². The van der Waals surface area contributed by atoms with Crippen LogP contribution in [0.1, 0.15) is 21.5 Å². The number of hydrazine groups is 1. The molecule has 0 atom stereocenters. The normalized spacial score (nSPS) is 12.6. The van der Waals surface area contributed by atoms with Crippen LogP contribution in [0.3, 0.4) is 0 Å². The molecule has 21 heavy (non-hydrogen) atoms. The molecule has 4 nitrogen and oxygen atoms in total. The van der Waals surface area contributed by atoms with E-state index >= 15 is 0 Å². The maximum Gasteiger partial charge on any atom is 0.269 e. The summed E-state index contributed by atoms with van der Waals surface area (Å²) in [6.45, 7) is 0.525. The highest BCUT2D eigenvalue weighted by Crippen LogP contribution is 2.20. The summed E-state index contributed by atoms with van der Waals surface area (Å²) in [5.41, 5.74) is 5.25.